The number of rotatable bonds is 6. The van der Waals surface area contributed by atoms with Crippen molar-refractivity contribution in [3.63, 3.8) is 0 Å². The van der Waals surface area contributed by atoms with E-state index < -0.39 is 5.97 Å². The maximum atomic E-state index is 12.2. The van der Waals surface area contributed by atoms with Gasteiger partial charge in [-0.25, -0.2) is 4.79 Å². The van der Waals surface area contributed by atoms with E-state index in [1.807, 2.05) is 0 Å². The first-order valence-electron chi connectivity index (χ1n) is 8.49. The second kappa shape index (κ2) is 9.02. The molecule has 0 fully saturated rings. The van der Waals surface area contributed by atoms with Crippen molar-refractivity contribution in [1.29, 1.82) is 0 Å². The molecule has 0 spiro atoms. The Hall–Kier alpha value is -3.37. The van der Waals surface area contributed by atoms with Crippen molar-refractivity contribution in [2.24, 2.45) is 0 Å². The van der Waals surface area contributed by atoms with Crippen molar-refractivity contribution in [3.8, 4) is 11.5 Å². The summed E-state index contributed by atoms with van der Waals surface area (Å²) in [7, 11) is 1.58. The lowest BCUT2D eigenvalue weighted by Crippen LogP contribution is -2.08. The SMILES string of the molecule is COc1ccc(C(=O)C=Cc2ccc(OC(=O)c3ccc(Cl)cc3)cc2)cc1. The smallest absolute Gasteiger partial charge is 0.343 e. The number of ether oxygens (including phenoxy) is 2. The molecule has 0 aliphatic rings. The van der Waals surface area contributed by atoms with Gasteiger partial charge in [0.15, 0.2) is 5.78 Å². The highest BCUT2D eigenvalue weighted by molar-refractivity contribution is 6.30. The third kappa shape index (κ3) is 5.09. The highest BCUT2D eigenvalue weighted by Gasteiger charge is 2.08. The Kier molecular flexibility index (Phi) is 6.25. The second-order valence-electron chi connectivity index (χ2n) is 5.89. The fourth-order valence-corrected chi connectivity index (χ4v) is 2.55. The molecule has 0 saturated heterocycles. The molecular weight excluding hydrogens is 376 g/mol. The summed E-state index contributed by atoms with van der Waals surface area (Å²) in [5.74, 6) is 0.540. The number of hydrogen-bond donors (Lipinski definition) is 0. The lowest BCUT2D eigenvalue weighted by Gasteiger charge is -2.05. The lowest BCUT2D eigenvalue weighted by molar-refractivity contribution is 0.0734. The zero-order valence-electron chi connectivity index (χ0n) is 15.1. The summed E-state index contributed by atoms with van der Waals surface area (Å²) in [4.78, 5) is 24.3. The van der Waals surface area contributed by atoms with E-state index in [0.29, 0.717) is 27.6 Å². The van der Waals surface area contributed by atoms with E-state index in [2.05, 4.69) is 0 Å². The molecule has 3 aromatic carbocycles. The van der Waals surface area contributed by atoms with Gasteiger partial charge in [-0.1, -0.05) is 29.8 Å². The summed E-state index contributed by atoms with van der Waals surface area (Å²) in [6.45, 7) is 0. The Bertz CT molecular complexity index is 988. The van der Waals surface area contributed by atoms with Crippen LogP contribution < -0.4 is 9.47 Å². The maximum absolute atomic E-state index is 12.2. The molecule has 28 heavy (non-hydrogen) atoms. The molecule has 0 aliphatic heterocycles. The summed E-state index contributed by atoms with van der Waals surface area (Å²) in [6.07, 6.45) is 3.20. The first-order valence-corrected chi connectivity index (χ1v) is 8.87. The van der Waals surface area contributed by atoms with Crippen LogP contribution in [0.2, 0.25) is 5.02 Å². The Morgan fingerprint density at radius 2 is 1.36 bits per heavy atom. The predicted octanol–water partition coefficient (Wildman–Crippen LogP) is 5.46. The monoisotopic (exact) mass is 392 g/mol. The van der Waals surface area contributed by atoms with Crippen LogP contribution in [0.5, 0.6) is 11.5 Å². The highest BCUT2D eigenvalue weighted by atomic mass is 35.5. The average Bonchev–Trinajstić information content (AvgIpc) is 2.73. The van der Waals surface area contributed by atoms with Gasteiger partial charge in [0.05, 0.1) is 12.7 Å². The quantitative estimate of drug-likeness (QED) is 0.242. The van der Waals surface area contributed by atoms with Gasteiger partial charge in [0, 0.05) is 10.6 Å². The number of carbonyl (C=O) groups is 2. The fourth-order valence-electron chi connectivity index (χ4n) is 2.42. The van der Waals surface area contributed by atoms with Crippen LogP contribution >= 0.6 is 11.6 Å². The molecular formula is C23H17ClO4. The Morgan fingerprint density at radius 3 is 1.96 bits per heavy atom. The second-order valence-corrected chi connectivity index (χ2v) is 6.33. The Morgan fingerprint density at radius 1 is 0.786 bits per heavy atom. The van der Waals surface area contributed by atoms with E-state index >= 15 is 0 Å². The van der Waals surface area contributed by atoms with Gasteiger partial charge in [-0.05, 0) is 72.3 Å². The van der Waals surface area contributed by atoms with Crippen molar-refractivity contribution < 1.29 is 19.1 Å². The summed E-state index contributed by atoms with van der Waals surface area (Å²) in [6, 6.07) is 20.3. The molecule has 5 heteroatoms. The number of ketones is 1. The molecule has 0 amide bonds. The largest absolute Gasteiger partial charge is 0.497 e. The van der Waals surface area contributed by atoms with Gasteiger partial charge in [0.2, 0.25) is 0 Å². The zero-order valence-corrected chi connectivity index (χ0v) is 15.8. The first-order chi connectivity index (χ1) is 13.5. The molecule has 0 radical (unpaired) electrons. The molecule has 3 rings (SSSR count). The molecule has 0 saturated carbocycles. The fraction of sp³-hybridized carbons (Fsp3) is 0.0435. The number of esters is 1. The predicted molar refractivity (Wildman–Crippen MR) is 109 cm³/mol. The molecule has 0 N–H and O–H groups in total. The van der Waals surface area contributed by atoms with Crippen molar-refractivity contribution in [2.45, 2.75) is 0 Å². The van der Waals surface area contributed by atoms with Gasteiger partial charge >= 0.3 is 5.97 Å². The van der Waals surface area contributed by atoms with E-state index in [0.717, 1.165) is 5.56 Å². The number of hydrogen-bond acceptors (Lipinski definition) is 4. The van der Waals surface area contributed by atoms with Gasteiger partial charge < -0.3 is 9.47 Å². The zero-order chi connectivity index (χ0) is 19.9. The minimum Gasteiger partial charge on any atom is -0.497 e. The summed E-state index contributed by atoms with van der Waals surface area (Å²) in [5, 5.41) is 0.553. The highest BCUT2D eigenvalue weighted by Crippen LogP contribution is 2.17. The number of carbonyl (C=O) groups excluding carboxylic acids is 2. The topological polar surface area (TPSA) is 52.6 Å². The number of benzene rings is 3. The molecule has 140 valence electrons. The molecule has 0 aliphatic carbocycles. The van der Waals surface area contributed by atoms with Crippen LogP contribution in [0.4, 0.5) is 0 Å². The van der Waals surface area contributed by atoms with Crippen LogP contribution in [0.15, 0.2) is 78.9 Å². The molecule has 0 bridgehead atoms. The Labute approximate surface area is 168 Å². The average molecular weight is 393 g/mol. The molecule has 0 aromatic heterocycles. The van der Waals surface area contributed by atoms with Crippen LogP contribution in [0, 0.1) is 0 Å². The normalized spacial score (nSPS) is 10.6. The van der Waals surface area contributed by atoms with Gasteiger partial charge in [0.1, 0.15) is 11.5 Å². The van der Waals surface area contributed by atoms with Crippen LogP contribution in [0.3, 0.4) is 0 Å². The van der Waals surface area contributed by atoms with Gasteiger partial charge in [-0.2, -0.15) is 0 Å². The minimum atomic E-state index is -0.463. The van der Waals surface area contributed by atoms with Crippen LogP contribution in [0.25, 0.3) is 6.08 Å². The van der Waals surface area contributed by atoms with Crippen molar-refractivity contribution in [2.75, 3.05) is 7.11 Å². The van der Waals surface area contributed by atoms with Gasteiger partial charge in [-0.15, -0.1) is 0 Å². The maximum Gasteiger partial charge on any atom is 0.343 e. The lowest BCUT2D eigenvalue weighted by atomic mass is 10.1. The molecule has 3 aromatic rings. The standard InChI is InChI=1S/C23H17ClO4/c1-27-20-13-7-17(8-14-20)22(25)15-4-16-2-11-21(12-3-16)28-23(26)18-5-9-19(24)10-6-18/h2-15H,1H3. The number of allylic oxidation sites excluding steroid dienone is 1. The molecule has 0 atom stereocenters. The Balaban J connectivity index is 1.61. The first kappa shape index (κ1) is 19.4. The van der Waals surface area contributed by atoms with E-state index in [1.54, 1.807) is 86.0 Å². The molecule has 0 heterocycles. The van der Waals surface area contributed by atoms with Crippen LogP contribution in [-0.2, 0) is 0 Å². The third-order valence-corrected chi connectivity index (χ3v) is 4.22. The van der Waals surface area contributed by atoms with Gasteiger partial charge in [0.25, 0.3) is 0 Å². The minimum absolute atomic E-state index is 0.110. The number of halogens is 1. The van der Waals surface area contributed by atoms with E-state index in [1.165, 1.54) is 6.08 Å². The summed E-state index contributed by atoms with van der Waals surface area (Å²) in [5.41, 5.74) is 1.80. The number of methoxy groups -OCH3 is 1. The molecule has 0 unspecified atom stereocenters. The van der Waals surface area contributed by atoms with Crippen LogP contribution in [-0.4, -0.2) is 18.9 Å². The van der Waals surface area contributed by atoms with Gasteiger partial charge in [-0.3, -0.25) is 4.79 Å². The molecule has 4 nitrogen and oxygen atoms in total. The van der Waals surface area contributed by atoms with E-state index in [9.17, 15) is 9.59 Å². The third-order valence-electron chi connectivity index (χ3n) is 3.97. The van der Waals surface area contributed by atoms with Crippen molar-refractivity contribution >= 4 is 29.4 Å². The summed E-state index contributed by atoms with van der Waals surface area (Å²) >= 11 is 5.81. The van der Waals surface area contributed by atoms with E-state index in [-0.39, 0.29) is 5.78 Å². The van der Waals surface area contributed by atoms with Crippen molar-refractivity contribution in [1.82, 2.24) is 0 Å². The van der Waals surface area contributed by atoms with Crippen LogP contribution in [0.1, 0.15) is 26.3 Å². The summed E-state index contributed by atoms with van der Waals surface area (Å²) < 4.78 is 10.4. The van der Waals surface area contributed by atoms with Crippen molar-refractivity contribution in [3.05, 3.63) is 101 Å². The van der Waals surface area contributed by atoms with E-state index in [4.69, 9.17) is 21.1 Å².